The molecule has 4 nitrogen and oxygen atoms in total. The molecule has 136 valence electrons. The van der Waals surface area contributed by atoms with E-state index in [1.807, 2.05) is 46.8 Å². The predicted molar refractivity (Wildman–Crippen MR) is 101 cm³/mol. The quantitative estimate of drug-likeness (QED) is 0.855. The summed E-state index contributed by atoms with van der Waals surface area (Å²) in [6, 6.07) is 11.2. The Morgan fingerprint density at radius 3 is 2.27 bits per heavy atom. The van der Waals surface area contributed by atoms with Crippen LogP contribution in [0.1, 0.15) is 43.6 Å². The maximum Gasteiger partial charge on any atom is 0.495 e. The lowest BCUT2D eigenvalue weighted by Gasteiger charge is -2.32. The highest BCUT2D eigenvalue weighted by molar-refractivity contribution is 6.62. The molecule has 0 radical (unpaired) electrons. The first kappa shape index (κ1) is 18.6. The monoisotopic (exact) mass is 355 g/mol. The lowest BCUT2D eigenvalue weighted by atomic mass is 9.76. The van der Waals surface area contributed by atoms with Crippen LogP contribution in [0.3, 0.4) is 0 Å². The van der Waals surface area contributed by atoms with Crippen LogP contribution in [0.5, 0.6) is 0 Å². The van der Waals surface area contributed by atoms with E-state index >= 15 is 0 Å². The van der Waals surface area contributed by atoms with Crippen molar-refractivity contribution in [3.63, 3.8) is 0 Å². The molecule has 2 aromatic carbocycles. The Morgan fingerprint density at radius 1 is 1.04 bits per heavy atom. The Labute approximate surface area is 153 Å². The van der Waals surface area contributed by atoms with E-state index < -0.39 is 24.1 Å². The number of amides is 1. The summed E-state index contributed by atoms with van der Waals surface area (Å²) >= 11 is 0. The van der Waals surface area contributed by atoms with Gasteiger partial charge in [0.05, 0.1) is 11.2 Å². The van der Waals surface area contributed by atoms with Crippen LogP contribution < -0.4 is 10.8 Å². The number of hydrogen-bond acceptors (Lipinski definition) is 3. The third-order valence-electron chi connectivity index (χ3n) is 5.22. The van der Waals surface area contributed by atoms with Gasteiger partial charge >= 0.3 is 7.12 Å². The summed E-state index contributed by atoms with van der Waals surface area (Å²) in [4.78, 5) is 12.4. The SMILES string of the molecule is Cc1c(NC(=O)c2cccc(F)c2)cccc1B1OC(C)(C)C(C)(C)O1. The normalized spacial score (nSPS) is 18.0. The molecule has 1 heterocycles. The number of carbonyl (C=O) groups is 1. The number of anilines is 1. The van der Waals surface area contributed by atoms with E-state index in [1.165, 1.54) is 18.2 Å². The number of benzene rings is 2. The number of carbonyl (C=O) groups excluding carboxylic acids is 1. The molecule has 2 aromatic rings. The fraction of sp³-hybridized carbons (Fsp3) is 0.350. The van der Waals surface area contributed by atoms with E-state index in [-0.39, 0.29) is 11.5 Å². The highest BCUT2D eigenvalue weighted by Crippen LogP contribution is 2.37. The van der Waals surface area contributed by atoms with E-state index in [2.05, 4.69) is 5.32 Å². The minimum Gasteiger partial charge on any atom is -0.399 e. The summed E-state index contributed by atoms with van der Waals surface area (Å²) in [7, 11) is -0.508. The summed E-state index contributed by atoms with van der Waals surface area (Å²) in [5.74, 6) is -0.806. The topological polar surface area (TPSA) is 47.6 Å². The highest BCUT2D eigenvalue weighted by Gasteiger charge is 2.52. The van der Waals surface area contributed by atoms with Gasteiger partial charge in [0.2, 0.25) is 0 Å². The van der Waals surface area contributed by atoms with Gasteiger partial charge in [0, 0.05) is 11.3 Å². The summed E-state index contributed by atoms with van der Waals surface area (Å²) < 4.78 is 25.6. The van der Waals surface area contributed by atoms with Gasteiger partial charge in [0.1, 0.15) is 5.82 Å². The molecule has 0 unspecified atom stereocenters. The van der Waals surface area contributed by atoms with Gasteiger partial charge in [-0.1, -0.05) is 18.2 Å². The van der Waals surface area contributed by atoms with Crippen molar-refractivity contribution < 1.29 is 18.5 Å². The Hall–Kier alpha value is -2.18. The van der Waals surface area contributed by atoms with Crippen molar-refractivity contribution in [3.8, 4) is 0 Å². The minimum absolute atomic E-state index is 0.269. The van der Waals surface area contributed by atoms with Crippen LogP contribution >= 0.6 is 0 Å². The summed E-state index contributed by atoms with van der Waals surface area (Å²) in [5, 5.41) is 2.84. The van der Waals surface area contributed by atoms with Crippen molar-refractivity contribution in [1.82, 2.24) is 0 Å². The maximum atomic E-state index is 13.3. The van der Waals surface area contributed by atoms with Crippen LogP contribution in [0, 0.1) is 12.7 Å². The van der Waals surface area contributed by atoms with E-state index in [1.54, 1.807) is 12.1 Å². The first-order valence-corrected chi connectivity index (χ1v) is 8.63. The van der Waals surface area contributed by atoms with E-state index in [9.17, 15) is 9.18 Å². The molecule has 1 fully saturated rings. The molecular formula is C20H23BFNO3. The second-order valence-electron chi connectivity index (χ2n) is 7.57. The van der Waals surface area contributed by atoms with Crippen LogP contribution in [-0.2, 0) is 9.31 Å². The molecule has 1 N–H and O–H groups in total. The van der Waals surface area contributed by atoms with Crippen LogP contribution in [0.4, 0.5) is 10.1 Å². The van der Waals surface area contributed by atoms with Crippen molar-refractivity contribution >= 4 is 24.2 Å². The number of nitrogens with one attached hydrogen (secondary N) is 1. The van der Waals surface area contributed by atoms with Gasteiger partial charge in [-0.3, -0.25) is 4.79 Å². The van der Waals surface area contributed by atoms with Crippen LogP contribution in [0.15, 0.2) is 42.5 Å². The van der Waals surface area contributed by atoms with Crippen molar-refractivity contribution in [1.29, 1.82) is 0 Å². The lowest BCUT2D eigenvalue weighted by molar-refractivity contribution is 0.00578. The zero-order valence-corrected chi connectivity index (χ0v) is 15.7. The van der Waals surface area contributed by atoms with Crippen LogP contribution in [-0.4, -0.2) is 24.2 Å². The van der Waals surface area contributed by atoms with Gasteiger partial charge in [-0.05, 0) is 69.9 Å². The number of halogens is 1. The standard InChI is InChI=1S/C20H23BFNO3/c1-13-16(21-25-19(2,3)20(4,5)26-21)10-7-11-17(13)23-18(24)14-8-6-9-15(22)12-14/h6-12H,1-5H3,(H,23,24). The summed E-state index contributed by atoms with van der Waals surface area (Å²) in [5.41, 5.74) is 1.75. The largest absolute Gasteiger partial charge is 0.495 e. The highest BCUT2D eigenvalue weighted by atomic mass is 19.1. The van der Waals surface area contributed by atoms with Gasteiger partial charge < -0.3 is 14.6 Å². The second-order valence-corrected chi connectivity index (χ2v) is 7.57. The first-order valence-electron chi connectivity index (χ1n) is 8.63. The molecule has 0 aliphatic carbocycles. The average Bonchev–Trinajstić information content (AvgIpc) is 2.77. The third-order valence-corrected chi connectivity index (χ3v) is 5.22. The molecule has 26 heavy (non-hydrogen) atoms. The second kappa shape index (κ2) is 6.52. The van der Waals surface area contributed by atoms with Gasteiger partial charge in [0.15, 0.2) is 0 Å². The van der Waals surface area contributed by atoms with Gasteiger partial charge in [-0.15, -0.1) is 0 Å². The zero-order chi connectivity index (χ0) is 19.1. The van der Waals surface area contributed by atoms with E-state index in [4.69, 9.17) is 9.31 Å². The smallest absolute Gasteiger partial charge is 0.399 e. The molecule has 0 aromatic heterocycles. The fourth-order valence-electron chi connectivity index (χ4n) is 2.84. The molecule has 6 heteroatoms. The van der Waals surface area contributed by atoms with E-state index in [0.717, 1.165) is 11.0 Å². The molecule has 0 spiro atoms. The average molecular weight is 355 g/mol. The Balaban J connectivity index is 1.85. The predicted octanol–water partition coefficient (Wildman–Crippen LogP) is 3.69. The Bertz CT molecular complexity index is 835. The molecule has 1 aliphatic rings. The molecule has 3 rings (SSSR count). The Morgan fingerprint density at radius 2 is 1.65 bits per heavy atom. The van der Waals surface area contributed by atoms with Crippen molar-refractivity contribution in [2.75, 3.05) is 5.32 Å². The molecule has 0 bridgehead atoms. The number of rotatable bonds is 3. The molecule has 0 atom stereocenters. The van der Waals surface area contributed by atoms with Crippen molar-refractivity contribution in [2.24, 2.45) is 0 Å². The maximum absolute atomic E-state index is 13.3. The van der Waals surface area contributed by atoms with Crippen LogP contribution in [0.25, 0.3) is 0 Å². The minimum atomic E-state index is -0.508. The molecule has 1 saturated heterocycles. The molecular weight excluding hydrogens is 332 g/mol. The first-order chi connectivity index (χ1) is 12.1. The third kappa shape index (κ3) is 3.39. The zero-order valence-electron chi connectivity index (χ0n) is 15.7. The molecule has 0 saturated carbocycles. The summed E-state index contributed by atoms with van der Waals surface area (Å²) in [6.07, 6.45) is 0. The van der Waals surface area contributed by atoms with Gasteiger partial charge in [0.25, 0.3) is 5.91 Å². The lowest BCUT2D eigenvalue weighted by Crippen LogP contribution is -2.41. The molecule has 1 amide bonds. The van der Waals surface area contributed by atoms with Gasteiger partial charge in [-0.2, -0.15) is 0 Å². The fourth-order valence-corrected chi connectivity index (χ4v) is 2.84. The van der Waals surface area contributed by atoms with Gasteiger partial charge in [-0.25, -0.2) is 4.39 Å². The Kier molecular flexibility index (Phi) is 4.67. The van der Waals surface area contributed by atoms with Crippen molar-refractivity contribution in [3.05, 3.63) is 59.4 Å². The summed E-state index contributed by atoms with van der Waals surface area (Å²) in [6.45, 7) is 9.90. The number of hydrogen-bond donors (Lipinski definition) is 1. The van der Waals surface area contributed by atoms with Crippen molar-refractivity contribution in [2.45, 2.75) is 45.8 Å². The van der Waals surface area contributed by atoms with Crippen LogP contribution in [0.2, 0.25) is 0 Å². The molecule has 1 aliphatic heterocycles. The van der Waals surface area contributed by atoms with E-state index in [0.29, 0.717) is 5.69 Å².